The van der Waals surface area contributed by atoms with Gasteiger partial charge in [0.15, 0.2) is 0 Å². The van der Waals surface area contributed by atoms with Crippen LogP contribution in [0.1, 0.15) is 25.5 Å². The van der Waals surface area contributed by atoms with Gasteiger partial charge in [0.05, 0.1) is 6.10 Å². The molecule has 3 nitrogen and oxygen atoms in total. The molecular formula is C13H17F5O3Si. The van der Waals surface area contributed by atoms with Crippen LogP contribution >= 0.6 is 0 Å². The van der Waals surface area contributed by atoms with E-state index in [1.165, 1.54) is 13.8 Å². The minimum atomic E-state index is -5.84. The summed E-state index contributed by atoms with van der Waals surface area (Å²) in [5.74, 6) is 0. The summed E-state index contributed by atoms with van der Waals surface area (Å²) in [6.45, 7) is 3.87. The largest absolute Gasteiger partial charge is 0.502 e. The first-order chi connectivity index (χ1) is 10.0. The van der Waals surface area contributed by atoms with E-state index < -0.39 is 27.2 Å². The van der Waals surface area contributed by atoms with Crippen LogP contribution in [0.25, 0.3) is 0 Å². The van der Waals surface area contributed by atoms with Crippen molar-refractivity contribution in [3.05, 3.63) is 35.9 Å². The van der Waals surface area contributed by atoms with Crippen LogP contribution in [0.15, 0.2) is 30.3 Å². The van der Waals surface area contributed by atoms with Crippen LogP contribution in [0, 0.1) is 0 Å². The van der Waals surface area contributed by atoms with Crippen LogP contribution in [-0.2, 0) is 13.3 Å². The van der Waals surface area contributed by atoms with Crippen molar-refractivity contribution in [2.45, 2.75) is 38.8 Å². The zero-order valence-corrected chi connectivity index (χ0v) is 13.3. The average molecular weight is 344 g/mol. The molecule has 0 aliphatic carbocycles. The van der Waals surface area contributed by atoms with Gasteiger partial charge < -0.3 is 13.3 Å². The highest BCUT2D eigenvalue weighted by atomic mass is 28.4. The highest BCUT2D eigenvalue weighted by Gasteiger charge is 2.64. The van der Waals surface area contributed by atoms with Gasteiger partial charge in [-0.3, -0.25) is 0 Å². The molecule has 0 radical (unpaired) electrons. The van der Waals surface area contributed by atoms with E-state index in [0.717, 1.165) is 6.55 Å². The number of halogens is 5. The highest BCUT2D eigenvalue weighted by Crippen LogP contribution is 2.39. The fourth-order valence-corrected chi connectivity index (χ4v) is 3.81. The number of hydrogen-bond acceptors (Lipinski definition) is 3. The van der Waals surface area contributed by atoms with Gasteiger partial charge >= 0.3 is 21.1 Å². The Balaban J connectivity index is 2.91. The van der Waals surface area contributed by atoms with E-state index in [4.69, 9.17) is 8.85 Å². The summed E-state index contributed by atoms with van der Waals surface area (Å²) in [5, 5.41) is 0. The molecule has 22 heavy (non-hydrogen) atoms. The second-order valence-corrected chi connectivity index (χ2v) is 7.04. The monoisotopic (exact) mass is 344 g/mol. The second-order valence-electron chi connectivity index (χ2n) is 4.58. The van der Waals surface area contributed by atoms with Gasteiger partial charge in [-0.05, 0) is 19.4 Å². The third kappa shape index (κ3) is 5.01. The van der Waals surface area contributed by atoms with Crippen LogP contribution in [-0.4, -0.2) is 27.7 Å². The third-order valence-electron chi connectivity index (χ3n) is 2.71. The van der Waals surface area contributed by atoms with Crippen LogP contribution in [0.3, 0.4) is 0 Å². The lowest BCUT2D eigenvalue weighted by molar-refractivity contribution is -0.373. The molecule has 1 aromatic carbocycles. The van der Waals surface area contributed by atoms with E-state index in [9.17, 15) is 22.0 Å². The maximum absolute atomic E-state index is 13.1. The van der Waals surface area contributed by atoms with E-state index in [-0.39, 0.29) is 6.61 Å². The predicted molar refractivity (Wildman–Crippen MR) is 71.3 cm³/mol. The Morgan fingerprint density at radius 2 is 1.64 bits per heavy atom. The molecule has 0 N–H and O–H groups in total. The molecule has 1 rings (SSSR count). The van der Waals surface area contributed by atoms with E-state index >= 15 is 0 Å². The Morgan fingerprint density at radius 1 is 1.09 bits per heavy atom. The molecule has 9 heteroatoms. The molecule has 0 saturated carbocycles. The standard InChI is InChI=1S/C13H17F5O3Si/c1-4-19-22(3,21-13(17,18)12(14,15)16)20-10(2)11-8-6-5-7-9-11/h5-10H,4H2,1-3H3. The van der Waals surface area contributed by atoms with Gasteiger partial charge in [0.25, 0.3) is 0 Å². The topological polar surface area (TPSA) is 27.7 Å². The number of hydrogen-bond donors (Lipinski definition) is 0. The summed E-state index contributed by atoms with van der Waals surface area (Å²) in [6.07, 6.45) is -11.9. The summed E-state index contributed by atoms with van der Waals surface area (Å²) in [5.41, 5.74) is 0.611. The molecule has 2 unspecified atom stereocenters. The zero-order valence-electron chi connectivity index (χ0n) is 12.3. The summed E-state index contributed by atoms with van der Waals surface area (Å²) < 4.78 is 77.4. The summed E-state index contributed by atoms with van der Waals surface area (Å²) in [6, 6.07) is 8.45. The second kappa shape index (κ2) is 7.03. The molecule has 0 heterocycles. The fourth-order valence-electron chi connectivity index (χ4n) is 1.75. The summed E-state index contributed by atoms with van der Waals surface area (Å²) in [4.78, 5) is 0. The van der Waals surface area contributed by atoms with Crippen molar-refractivity contribution in [3.63, 3.8) is 0 Å². The molecule has 0 bridgehead atoms. The van der Waals surface area contributed by atoms with E-state index in [0.29, 0.717) is 5.56 Å². The van der Waals surface area contributed by atoms with Crippen molar-refractivity contribution in [3.8, 4) is 0 Å². The Morgan fingerprint density at radius 3 is 2.09 bits per heavy atom. The Kier molecular flexibility index (Phi) is 6.08. The lowest BCUT2D eigenvalue weighted by atomic mass is 10.1. The molecule has 0 aliphatic heterocycles. The van der Waals surface area contributed by atoms with Crippen LogP contribution in [0.5, 0.6) is 0 Å². The number of benzene rings is 1. The maximum atomic E-state index is 13.1. The van der Waals surface area contributed by atoms with Gasteiger partial charge in [0.1, 0.15) is 0 Å². The van der Waals surface area contributed by atoms with Crippen molar-refractivity contribution in [1.82, 2.24) is 0 Å². The SMILES string of the molecule is CCO[Si](C)(OC(C)c1ccccc1)OC(F)(F)C(F)(F)F. The minimum absolute atomic E-state index is 0.113. The van der Waals surface area contributed by atoms with Crippen LogP contribution < -0.4 is 0 Å². The van der Waals surface area contributed by atoms with E-state index in [1.807, 2.05) is 0 Å². The Bertz CT molecular complexity index is 468. The first-order valence-electron chi connectivity index (χ1n) is 6.52. The lowest BCUT2D eigenvalue weighted by Crippen LogP contribution is -2.53. The van der Waals surface area contributed by atoms with Crippen molar-refractivity contribution in [2.24, 2.45) is 0 Å². The highest BCUT2D eigenvalue weighted by molar-refractivity contribution is 6.59. The lowest BCUT2D eigenvalue weighted by Gasteiger charge is -2.32. The van der Waals surface area contributed by atoms with Gasteiger partial charge in [-0.2, -0.15) is 22.0 Å². The van der Waals surface area contributed by atoms with Crippen molar-refractivity contribution in [2.75, 3.05) is 6.61 Å². The fraction of sp³-hybridized carbons (Fsp3) is 0.538. The number of rotatable bonds is 7. The molecule has 1 aromatic rings. The first kappa shape index (κ1) is 19.0. The molecule has 0 fully saturated rings. The van der Waals surface area contributed by atoms with Crippen molar-refractivity contribution >= 4 is 8.80 Å². The van der Waals surface area contributed by atoms with E-state index in [1.54, 1.807) is 30.3 Å². The van der Waals surface area contributed by atoms with E-state index in [2.05, 4.69) is 4.43 Å². The molecule has 0 amide bonds. The normalized spacial score (nSPS) is 17.1. The predicted octanol–water partition coefficient (Wildman–Crippen LogP) is 4.54. The average Bonchev–Trinajstić information content (AvgIpc) is 2.37. The van der Waals surface area contributed by atoms with Gasteiger partial charge in [-0.25, -0.2) is 0 Å². The number of alkyl halides is 5. The smallest absolute Gasteiger partial charge is 0.374 e. The first-order valence-corrected chi connectivity index (χ1v) is 8.74. The molecule has 0 spiro atoms. The molecule has 0 saturated heterocycles. The van der Waals surface area contributed by atoms with Gasteiger partial charge in [-0.1, -0.05) is 30.3 Å². The maximum Gasteiger partial charge on any atom is 0.502 e. The zero-order chi connectivity index (χ0) is 17.0. The van der Waals surface area contributed by atoms with Gasteiger partial charge in [0, 0.05) is 13.2 Å². The Hall–Kier alpha value is -1.03. The molecule has 2 atom stereocenters. The molecular weight excluding hydrogens is 327 g/mol. The Labute approximate surface area is 126 Å². The molecule has 126 valence electrons. The molecule has 0 aliphatic rings. The van der Waals surface area contributed by atoms with Crippen molar-refractivity contribution in [1.29, 1.82) is 0 Å². The van der Waals surface area contributed by atoms with Crippen molar-refractivity contribution < 1.29 is 35.2 Å². The van der Waals surface area contributed by atoms with Crippen LogP contribution in [0.4, 0.5) is 22.0 Å². The summed E-state index contributed by atoms with van der Waals surface area (Å²) >= 11 is 0. The van der Waals surface area contributed by atoms with Gasteiger partial charge in [0.2, 0.25) is 0 Å². The quantitative estimate of drug-likeness (QED) is 0.537. The summed E-state index contributed by atoms with van der Waals surface area (Å²) in [7, 11) is -4.21. The molecule has 0 aromatic heterocycles. The minimum Gasteiger partial charge on any atom is -0.374 e. The van der Waals surface area contributed by atoms with Gasteiger partial charge in [-0.15, -0.1) is 0 Å². The third-order valence-corrected chi connectivity index (χ3v) is 4.93. The van der Waals surface area contributed by atoms with Crippen LogP contribution in [0.2, 0.25) is 6.55 Å².